The second kappa shape index (κ2) is 6.76. The number of ether oxygens (including phenoxy) is 1. The molecule has 2 aromatic carbocycles. The Hall–Kier alpha value is -3.75. The van der Waals surface area contributed by atoms with Crippen LogP contribution in [-0.4, -0.2) is 44.2 Å². The van der Waals surface area contributed by atoms with Crippen molar-refractivity contribution in [2.75, 3.05) is 16.8 Å². The van der Waals surface area contributed by atoms with E-state index < -0.39 is 5.54 Å². The van der Waals surface area contributed by atoms with Crippen molar-refractivity contribution in [2.45, 2.75) is 19.4 Å². The zero-order valence-electron chi connectivity index (χ0n) is 15.4. The number of aromatic nitrogens is 4. The quantitative estimate of drug-likeness (QED) is 0.743. The van der Waals surface area contributed by atoms with Crippen LogP contribution in [0.1, 0.15) is 13.8 Å². The number of hydrogen-bond acceptors (Lipinski definition) is 6. The van der Waals surface area contributed by atoms with Crippen molar-refractivity contribution in [3.8, 4) is 11.4 Å². The Morgan fingerprint density at radius 1 is 1.14 bits per heavy atom. The topological polar surface area (TPSA) is 102 Å². The zero-order chi connectivity index (χ0) is 19.7. The maximum atomic E-state index is 12.9. The zero-order valence-corrected chi connectivity index (χ0v) is 15.4. The molecule has 3 aromatic rings. The molecule has 0 aliphatic carbocycles. The molecular weight excluding hydrogens is 360 g/mol. The molecule has 0 unspecified atom stereocenters. The molecule has 1 aromatic heterocycles. The summed E-state index contributed by atoms with van der Waals surface area (Å²) < 4.78 is 7.17. The van der Waals surface area contributed by atoms with Crippen LogP contribution < -0.4 is 15.0 Å². The number of fused-ring (bicyclic) bond motifs is 1. The van der Waals surface area contributed by atoms with E-state index in [-0.39, 0.29) is 18.4 Å². The van der Waals surface area contributed by atoms with Crippen molar-refractivity contribution in [3.05, 3.63) is 54.9 Å². The average molecular weight is 378 g/mol. The minimum atomic E-state index is -1.03. The Balaban J connectivity index is 1.51. The molecule has 0 spiro atoms. The molecule has 0 saturated carbocycles. The van der Waals surface area contributed by atoms with Gasteiger partial charge in [0.25, 0.3) is 5.91 Å². The van der Waals surface area contributed by atoms with Crippen molar-refractivity contribution in [2.24, 2.45) is 0 Å². The fraction of sp³-hybridized carbons (Fsp3) is 0.211. The van der Waals surface area contributed by atoms with Crippen LogP contribution in [0, 0.1) is 0 Å². The van der Waals surface area contributed by atoms with Gasteiger partial charge >= 0.3 is 0 Å². The van der Waals surface area contributed by atoms with Gasteiger partial charge in [-0.1, -0.05) is 12.1 Å². The van der Waals surface area contributed by atoms with E-state index >= 15 is 0 Å². The third-order valence-corrected chi connectivity index (χ3v) is 4.57. The normalized spacial score (nSPS) is 14.9. The summed E-state index contributed by atoms with van der Waals surface area (Å²) in [6.45, 7) is 3.21. The third kappa shape index (κ3) is 3.07. The van der Waals surface area contributed by atoms with E-state index in [2.05, 4.69) is 20.8 Å². The van der Waals surface area contributed by atoms with Crippen molar-refractivity contribution in [3.63, 3.8) is 0 Å². The molecule has 9 nitrogen and oxygen atoms in total. The second-order valence-electron chi connectivity index (χ2n) is 6.80. The predicted octanol–water partition coefficient (Wildman–Crippen LogP) is 1.80. The van der Waals surface area contributed by atoms with Gasteiger partial charge in [0.2, 0.25) is 5.91 Å². The molecule has 2 amide bonds. The summed E-state index contributed by atoms with van der Waals surface area (Å²) in [6, 6.07) is 14.2. The highest BCUT2D eigenvalue weighted by atomic mass is 16.5. The van der Waals surface area contributed by atoms with E-state index in [0.717, 1.165) is 5.69 Å². The fourth-order valence-corrected chi connectivity index (χ4v) is 3.08. The summed E-state index contributed by atoms with van der Waals surface area (Å²) in [5.74, 6) is -0.0278. The predicted molar refractivity (Wildman–Crippen MR) is 101 cm³/mol. The van der Waals surface area contributed by atoms with Crippen LogP contribution in [-0.2, 0) is 9.59 Å². The largest absolute Gasteiger partial charge is 0.484 e. The highest BCUT2D eigenvalue weighted by Gasteiger charge is 2.43. The Labute approximate surface area is 160 Å². The van der Waals surface area contributed by atoms with Crippen LogP contribution in [0.2, 0.25) is 0 Å². The molecule has 9 heteroatoms. The molecule has 1 N–H and O–H groups in total. The van der Waals surface area contributed by atoms with E-state index in [4.69, 9.17) is 4.74 Å². The first-order valence-corrected chi connectivity index (χ1v) is 8.66. The highest BCUT2D eigenvalue weighted by Crippen LogP contribution is 2.36. The standard InChI is InChI=1S/C19H18N6O3/c1-19(2)18(27)21-15-5-3-4-6-16(15)25(19)17(26)11-28-14-9-7-13(8-10-14)24-12-20-22-23-24/h3-10,12H,11H2,1-2H3,(H,21,27). The molecule has 0 saturated heterocycles. The van der Waals surface area contributed by atoms with Gasteiger partial charge in [0, 0.05) is 0 Å². The number of anilines is 2. The first-order valence-electron chi connectivity index (χ1n) is 8.66. The second-order valence-corrected chi connectivity index (χ2v) is 6.80. The number of carbonyl (C=O) groups is 2. The molecule has 4 rings (SSSR count). The van der Waals surface area contributed by atoms with Crippen LogP contribution in [0.25, 0.3) is 5.69 Å². The number of para-hydroxylation sites is 2. The number of amides is 2. The lowest BCUT2D eigenvalue weighted by atomic mass is 9.96. The molecule has 0 atom stereocenters. The molecule has 0 bridgehead atoms. The number of rotatable bonds is 4. The highest BCUT2D eigenvalue weighted by molar-refractivity contribution is 6.14. The van der Waals surface area contributed by atoms with Crippen molar-refractivity contribution >= 4 is 23.2 Å². The van der Waals surface area contributed by atoms with Gasteiger partial charge in [0.05, 0.1) is 17.1 Å². The van der Waals surface area contributed by atoms with Crippen LogP contribution in [0.4, 0.5) is 11.4 Å². The minimum Gasteiger partial charge on any atom is -0.484 e. The number of benzene rings is 2. The smallest absolute Gasteiger partial charge is 0.265 e. The molecule has 0 radical (unpaired) electrons. The van der Waals surface area contributed by atoms with Gasteiger partial charge in [-0.05, 0) is 60.7 Å². The van der Waals surface area contributed by atoms with E-state index in [1.54, 1.807) is 50.2 Å². The molecule has 0 fully saturated rings. The maximum absolute atomic E-state index is 12.9. The minimum absolute atomic E-state index is 0.199. The summed E-state index contributed by atoms with van der Waals surface area (Å²) in [5, 5.41) is 13.8. The first kappa shape index (κ1) is 17.7. The first-order chi connectivity index (χ1) is 13.5. The monoisotopic (exact) mass is 378 g/mol. The van der Waals surface area contributed by atoms with Crippen LogP contribution in [0.5, 0.6) is 5.75 Å². The summed E-state index contributed by atoms with van der Waals surface area (Å²) in [6.07, 6.45) is 1.49. The number of nitrogens with one attached hydrogen (secondary N) is 1. The van der Waals surface area contributed by atoms with Crippen molar-refractivity contribution in [1.82, 2.24) is 20.2 Å². The van der Waals surface area contributed by atoms with Crippen LogP contribution in [0.15, 0.2) is 54.9 Å². The summed E-state index contributed by atoms with van der Waals surface area (Å²) in [4.78, 5) is 26.9. The lowest BCUT2D eigenvalue weighted by Crippen LogP contribution is -2.59. The number of hydrogen-bond donors (Lipinski definition) is 1. The molecule has 142 valence electrons. The molecule has 1 aliphatic heterocycles. The van der Waals surface area contributed by atoms with Crippen molar-refractivity contribution in [1.29, 1.82) is 0 Å². The number of nitrogens with zero attached hydrogens (tertiary/aromatic N) is 5. The van der Waals surface area contributed by atoms with E-state index in [1.807, 2.05) is 12.1 Å². The van der Waals surface area contributed by atoms with Crippen LogP contribution in [0.3, 0.4) is 0 Å². The van der Waals surface area contributed by atoms with E-state index in [9.17, 15) is 9.59 Å². The van der Waals surface area contributed by atoms with Gasteiger partial charge in [0.1, 0.15) is 17.6 Å². The lowest BCUT2D eigenvalue weighted by Gasteiger charge is -2.41. The Bertz CT molecular complexity index is 1010. The van der Waals surface area contributed by atoms with Gasteiger partial charge in [0.15, 0.2) is 6.61 Å². The van der Waals surface area contributed by atoms with Gasteiger partial charge in [-0.3, -0.25) is 14.5 Å². The molecule has 2 heterocycles. The maximum Gasteiger partial charge on any atom is 0.265 e. The molecule has 1 aliphatic rings. The van der Waals surface area contributed by atoms with Crippen LogP contribution >= 0.6 is 0 Å². The Kier molecular flexibility index (Phi) is 4.26. The Morgan fingerprint density at radius 2 is 1.89 bits per heavy atom. The third-order valence-electron chi connectivity index (χ3n) is 4.57. The van der Waals surface area contributed by atoms with E-state index in [0.29, 0.717) is 17.1 Å². The number of tetrazole rings is 1. The average Bonchev–Trinajstić information content (AvgIpc) is 3.22. The van der Waals surface area contributed by atoms with Gasteiger partial charge in [-0.15, -0.1) is 5.10 Å². The fourth-order valence-electron chi connectivity index (χ4n) is 3.08. The lowest BCUT2D eigenvalue weighted by molar-refractivity contribution is -0.127. The number of carbonyl (C=O) groups excluding carboxylic acids is 2. The van der Waals surface area contributed by atoms with Gasteiger partial charge in [-0.2, -0.15) is 0 Å². The molecular formula is C19H18N6O3. The van der Waals surface area contributed by atoms with Gasteiger partial charge in [-0.25, -0.2) is 4.68 Å². The molecule has 28 heavy (non-hydrogen) atoms. The summed E-state index contributed by atoms with van der Waals surface area (Å²) in [5.41, 5.74) is 0.991. The summed E-state index contributed by atoms with van der Waals surface area (Å²) in [7, 11) is 0. The summed E-state index contributed by atoms with van der Waals surface area (Å²) >= 11 is 0. The SMILES string of the molecule is CC1(C)C(=O)Nc2ccccc2N1C(=O)COc1ccc(-n2cnnn2)cc1. The van der Waals surface area contributed by atoms with Gasteiger partial charge < -0.3 is 10.1 Å². The van der Waals surface area contributed by atoms with Crippen molar-refractivity contribution < 1.29 is 14.3 Å². The Morgan fingerprint density at radius 3 is 2.61 bits per heavy atom. The van der Waals surface area contributed by atoms with E-state index in [1.165, 1.54) is 15.9 Å².